The average molecular weight is 442 g/mol. The molecular formula is C20H29Cl2N5O2. The topological polar surface area (TPSA) is 99.0 Å². The zero-order valence-electron chi connectivity index (χ0n) is 17.4. The van der Waals surface area contributed by atoms with Crippen LogP contribution >= 0.6 is 24.8 Å². The van der Waals surface area contributed by atoms with E-state index in [-0.39, 0.29) is 42.7 Å². The van der Waals surface area contributed by atoms with Crippen molar-refractivity contribution in [3.8, 4) is 11.3 Å². The molecular weight excluding hydrogens is 413 g/mol. The van der Waals surface area contributed by atoms with Gasteiger partial charge in [-0.05, 0) is 52.3 Å². The van der Waals surface area contributed by atoms with Crippen molar-refractivity contribution in [3.05, 3.63) is 35.4 Å². The Bertz CT molecular complexity index is 981. The van der Waals surface area contributed by atoms with E-state index < -0.39 is 0 Å². The van der Waals surface area contributed by atoms with Crippen molar-refractivity contribution < 1.29 is 9.21 Å². The summed E-state index contributed by atoms with van der Waals surface area (Å²) in [4.78, 5) is 17.7. The lowest BCUT2D eigenvalue weighted by Gasteiger charge is -2.12. The summed E-state index contributed by atoms with van der Waals surface area (Å²) in [7, 11) is 0. The summed E-state index contributed by atoms with van der Waals surface area (Å²) in [6.07, 6.45) is 1.71. The monoisotopic (exact) mass is 441 g/mol. The Labute approximate surface area is 183 Å². The van der Waals surface area contributed by atoms with Crippen molar-refractivity contribution in [2.24, 2.45) is 11.7 Å². The second-order valence-electron chi connectivity index (χ2n) is 7.35. The molecule has 0 saturated carbocycles. The first-order chi connectivity index (χ1) is 12.8. The Morgan fingerprint density at radius 2 is 1.93 bits per heavy atom. The number of furan rings is 1. The van der Waals surface area contributed by atoms with Crippen LogP contribution in [0.15, 0.2) is 22.7 Å². The van der Waals surface area contributed by atoms with E-state index in [4.69, 9.17) is 15.1 Å². The number of hydrogen-bond donors (Lipinski definition) is 2. The maximum absolute atomic E-state index is 12.9. The molecule has 0 bridgehead atoms. The second-order valence-corrected chi connectivity index (χ2v) is 7.35. The summed E-state index contributed by atoms with van der Waals surface area (Å²) in [5, 5.41) is 8.15. The lowest BCUT2D eigenvalue weighted by molar-refractivity contribution is 0.0950. The van der Waals surface area contributed by atoms with Gasteiger partial charge in [-0.15, -0.1) is 24.8 Å². The number of aryl methyl sites for hydroxylation is 2. The second kappa shape index (κ2) is 10.1. The molecule has 160 valence electrons. The zero-order valence-corrected chi connectivity index (χ0v) is 19.0. The van der Waals surface area contributed by atoms with Crippen LogP contribution in [0.1, 0.15) is 48.7 Å². The van der Waals surface area contributed by atoms with E-state index in [2.05, 4.69) is 10.4 Å². The minimum Gasteiger partial charge on any atom is -0.466 e. The van der Waals surface area contributed by atoms with Crippen LogP contribution in [0, 0.1) is 19.8 Å². The van der Waals surface area contributed by atoms with E-state index in [0.717, 1.165) is 22.5 Å². The number of hydrogen-bond acceptors (Lipinski definition) is 5. The van der Waals surface area contributed by atoms with Gasteiger partial charge in [0.15, 0.2) is 5.65 Å². The van der Waals surface area contributed by atoms with Gasteiger partial charge in [0.05, 0.1) is 22.8 Å². The summed E-state index contributed by atoms with van der Waals surface area (Å²) in [6, 6.07) is 3.89. The highest BCUT2D eigenvalue weighted by atomic mass is 35.5. The molecule has 3 aromatic heterocycles. The smallest absolute Gasteiger partial charge is 0.252 e. The van der Waals surface area contributed by atoms with Gasteiger partial charge in [0, 0.05) is 18.2 Å². The first kappa shape index (κ1) is 24.9. The third-order valence-corrected chi connectivity index (χ3v) is 4.63. The molecule has 0 aliphatic rings. The molecule has 3 rings (SSSR count). The Morgan fingerprint density at radius 3 is 2.48 bits per heavy atom. The molecule has 0 aliphatic heterocycles. The van der Waals surface area contributed by atoms with Gasteiger partial charge < -0.3 is 15.5 Å². The van der Waals surface area contributed by atoms with Crippen LogP contribution in [0.4, 0.5) is 0 Å². The Kier molecular flexibility index (Phi) is 8.68. The molecule has 0 spiro atoms. The number of halogens is 2. The quantitative estimate of drug-likeness (QED) is 0.600. The van der Waals surface area contributed by atoms with E-state index in [9.17, 15) is 4.79 Å². The fraction of sp³-hybridized carbons (Fsp3) is 0.450. The average Bonchev–Trinajstić information content (AvgIpc) is 3.20. The summed E-state index contributed by atoms with van der Waals surface area (Å²) in [5.41, 5.74) is 8.50. The Balaban J connectivity index is 0.00000210. The van der Waals surface area contributed by atoms with Crippen molar-refractivity contribution in [2.75, 3.05) is 13.1 Å². The predicted molar refractivity (Wildman–Crippen MR) is 120 cm³/mol. The van der Waals surface area contributed by atoms with Gasteiger partial charge in [0.2, 0.25) is 0 Å². The molecule has 1 atom stereocenters. The zero-order chi connectivity index (χ0) is 19.7. The van der Waals surface area contributed by atoms with Crippen molar-refractivity contribution in [1.82, 2.24) is 20.1 Å². The largest absolute Gasteiger partial charge is 0.466 e. The third kappa shape index (κ3) is 5.10. The number of nitrogens with zero attached hydrogens (tertiary/aromatic N) is 3. The van der Waals surface area contributed by atoms with Crippen molar-refractivity contribution in [2.45, 2.75) is 40.7 Å². The SMILES string of the molecule is Cc1cc(-c2cc(C(=O)NCC(C)CN)c3cnn(C(C)C)c3n2)c(C)o1.Cl.Cl. The molecule has 3 aromatic rings. The summed E-state index contributed by atoms with van der Waals surface area (Å²) in [5.74, 6) is 1.65. The van der Waals surface area contributed by atoms with E-state index in [1.807, 2.05) is 51.4 Å². The van der Waals surface area contributed by atoms with E-state index >= 15 is 0 Å². The number of rotatable bonds is 6. The van der Waals surface area contributed by atoms with Crippen LogP contribution in [0.25, 0.3) is 22.3 Å². The molecule has 7 nitrogen and oxygen atoms in total. The summed E-state index contributed by atoms with van der Waals surface area (Å²) >= 11 is 0. The fourth-order valence-electron chi connectivity index (χ4n) is 3.05. The Morgan fingerprint density at radius 1 is 1.24 bits per heavy atom. The van der Waals surface area contributed by atoms with Crippen molar-refractivity contribution in [3.63, 3.8) is 0 Å². The van der Waals surface area contributed by atoms with Crippen LogP contribution in [-0.4, -0.2) is 33.8 Å². The lowest BCUT2D eigenvalue weighted by atomic mass is 10.1. The van der Waals surface area contributed by atoms with Crippen LogP contribution in [0.5, 0.6) is 0 Å². The number of nitrogens with one attached hydrogen (secondary N) is 1. The first-order valence-corrected chi connectivity index (χ1v) is 9.25. The van der Waals surface area contributed by atoms with Gasteiger partial charge in [-0.2, -0.15) is 5.10 Å². The van der Waals surface area contributed by atoms with Crippen LogP contribution in [0.3, 0.4) is 0 Å². The predicted octanol–water partition coefficient (Wildman–Crippen LogP) is 4.06. The van der Waals surface area contributed by atoms with Gasteiger partial charge in [-0.1, -0.05) is 6.92 Å². The standard InChI is InChI=1S/C20H27N5O2.2ClH/c1-11(2)25-19-17(10-23-25)16(20(26)22-9-12(3)8-21)7-18(24-19)15-6-13(4)27-14(15)5;;/h6-7,10-12H,8-9,21H2,1-5H3,(H,22,26);2*1H. The fourth-order valence-corrected chi connectivity index (χ4v) is 3.05. The molecule has 1 unspecified atom stereocenters. The maximum atomic E-state index is 12.9. The summed E-state index contributed by atoms with van der Waals surface area (Å²) in [6.45, 7) is 10.9. The van der Waals surface area contributed by atoms with Gasteiger partial charge in [-0.25, -0.2) is 9.67 Å². The van der Waals surface area contributed by atoms with Gasteiger partial charge in [0.1, 0.15) is 11.5 Å². The lowest BCUT2D eigenvalue weighted by Crippen LogP contribution is -2.31. The molecule has 0 aliphatic carbocycles. The molecule has 0 fully saturated rings. The van der Waals surface area contributed by atoms with Crippen LogP contribution in [-0.2, 0) is 0 Å². The molecule has 9 heteroatoms. The molecule has 0 radical (unpaired) electrons. The number of nitrogens with two attached hydrogens (primary N) is 1. The van der Waals surface area contributed by atoms with Crippen molar-refractivity contribution in [1.29, 1.82) is 0 Å². The van der Waals surface area contributed by atoms with Crippen LogP contribution in [0.2, 0.25) is 0 Å². The highest BCUT2D eigenvalue weighted by Crippen LogP contribution is 2.30. The van der Waals surface area contributed by atoms with Gasteiger partial charge >= 0.3 is 0 Å². The Hall–Kier alpha value is -2.09. The highest BCUT2D eigenvalue weighted by molar-refractivity contribution is 6.06. The third-order valence-electron chi connectivity index (χ3n) is 4.63. The number of aromatic nitrogens is 3. The minimum absolute atomic E-state index is 0. The highest BCUT2D eigenvalue weighted by Gasteiger charge is 2.20. The molecule has 29 heavy (non-hydrogen) atoms. The molecule has 3 heterocycles. The number of carbonyl (C=O) groups excluding carboxylic acids is 1. The molecule has 0 aromatic carbocycles. The van der Waals surface area contributed by atoms with E-state index in [1.54, 1.807) is 6.20 Å². The number of fused-ring (bicyclic) bond motifs is 1. The maximum Gasteiger partial charge on any atom is 0.252 e. The molecule has 3 N–H and O–H groups in total. The normalized spacial score (nSPS) is 11.8. The van der Waals surface area contributed by atoms with Crippen molar-refractivity contribution >= 4 is 41.8 Å². The number of carbonyl (C=O) groups is 1. The van der Waals surface area contributed by atoms with E-state index in [0.29, 0.717) is 30.0 Å². The minimum atomic E-state index is -0.148. The van der Waals surface area contributed by atoms with Gasteiger partial charge in [-0.3, -0.25) is 4.79 Å². The van der Waals surface area contributed by atoms with Crippen LogP contribution < -0.4 is 11.1 Å². The number of pyridine rings is 1. The molecule has 0 saturated heterocycles. The van der Waals surface area contributed by atoms with Gasteiger partial charge in [0.25, 0.3) is 5.91 Å². The first-order valence-electron chi connectivity index (χ1n) is 9.25. The number of amides is 1. The summed E-state index contributed by atoms with van der Waals surface area (Å²) < 4.78 is 7.49. The van der Waals surface area contributed by atoms with E-state index in [1.165, 1.54) is 0 Å². The molecule has 1 amide bonds.